The number of fused-ring (bicyclic) bond motifs is 1. The van der Waals surface area contributed by atoms with Gasteiger partial charge in [-0.3, -0.25) is 0 Å². The zero-order chi connectivity index (χ0) is 16.2. The zero-order valence-corrected chi connectivity index (χ0v) is 14.9. The molecule has 2 rings (SSSR count). The van der Waals surface area contributed by atoms with E-state index in [-0.39, 0.29) is 11.0 Å². The van der Waals surface area contributed by atoms with E-state index in [1.165, 1.54) is 0 Å². The van der Waals surface area contributed by atoms with Crippen molar-refractivity contribution in [3.63, 3.8) is 0 Å². The Hall–Kier alpha value is -1.14. The van der Waals surface area contributed by atoms with Crippen LogP contribution in [-0.4, -0.2) is 35.1 Å². The smallest absolute Gasteiger partial charge is 0.152 e. The van der Waals surface area contributed by atoms with Crippen LogP contribution in [0.3, 0.4) is 0 Å². The van der Waals surface area contributed by atoms with E-state index >= 15 is 0 Å². The summed E-state index contributed by atoms with van der Waals surface area (Å²) in [4.78, 5) is 9.21. The molecular weight excluding hydrogens is 316 g/mol. The van der Waals surface area contributed by atoms with Crippen LogP contribution in [0.15, 0.2) is 24.3 Å². The van der Waals surface area contributed by atoms with E-state index in [1.54, 1.807) is 25.6 Å². The number of sulfone groups is 1. The van der Waals surface area contributed by atoms with Gasteiger partial charge in [0.15, 0.2) is 9.84 Å². The third-order valence-electron chi connectivity index (χ3n) is 3.52. The summed E-state index contributed by atoms with van der Waals surface area (Å²) >= 11 is 1.71. The van der Waals surface area contributed by atoms with Gasteiger partial charge in [-0.25, -0.2) is 18.4 Å². The lowest BCUT2D eigenvalue weighted by Crippen LogP contribution is -2.18. The van der Waals surface area contributed by atoms with E-state index in [9.17, 15) is 8.42 Å². The SMILES string of the molecule is Cc1nc2ccccc2nc1CSCCCS(=O)(=O)C(C)C. The number of nitrogens with zero attached hydrogens (tertiary/aromatic N) is 2. The molecule has 0 amide bonds. The number of thioether (sulfide) groups is 1. The highest BCUT2D eigenvalue weighted by Crippen LogP contribution is 2.18. The van der Waals surface area contributed by atoms with Crippen molar-refractivity contribution in [2.45, 2.75) is 38.2 Å². The number of hydrogen-bond acceptors (Lipinski definition) is 5. The van der Waals surface area contributed by atoms with Crippen LogP contribution < -0.4 is 0 Å². The minimum atomic E-state index is -2.92. The van der Waals surface area contributed by atoms with Gasteiger partial charge < -0.3 is 0 Å². The molecule has 0 saturated heterocycles. The maximum absolute atomic E-state index is 11.7. The number of benzene rings is 1. The van der Waals surface area contributed by atoms with Crippen molar-refractivity contribution < 1.29 is 8.42 Å². The molecule has 0 aliphatic carbocycles. The third-order valence-corrected chi connectivity index (χ3v) is 6.87. The summed E-state index contributed by atoms with van der Waals surface area (Å²) in [5.41, 5.74) is 3.75. The van der Waals surface area contributed by atoms with Crippen molar-refractivity contribution >= 4 is 32.6 Å². The fourth-order valence-corrected chi connectivity index (χ4v) is 4.19. The second kappa shape index (κ2) is 7.42. The maximum Gasteiger partial charge on any atom is 0.152 e. The van der Waals surface area contributed by atoms with Gasteiger partial charge in [-0.05, 0) is 45.1 Å². The van der Waals surface area contributed by atoms with Gasteiger partial charge in [0, 0.05) is 5.75 Å². The van der Waals surface area contributed by atoms with E-state index in [1.807, 2.05) is 31.2 Å². The summed E-state index contributed by atoms with van der Waals surface area (Å²) in [5.74, 6) is 1.85. The molecule has 120 valence electrons. The van der Waals surface area contributed by atoms with Crippen molar-refractivity contribution in [2.75, 3.05) is 11.5 Å². The molecule has 0 aliphatic rings. The molecule has 4 nitrogen and oxygen atoms in total. The van der Waals surface area contributed by atoms with Gasteiger partial charge in [0.25, 0.3) is 0 Å². The second-order valence-corrected chi connectivity index (χ2v) is 9.35. The van der Waals surface area contributed by atoms with Crippen molar-refractivity contribution in [2.24, 2.45) is 0 Å². The predicted octanol–water partition coefficient (Wildman–Crippen LogP) is 3.38. The third kappa shape index (κ3) is 4.43. The Kier molecular flexibility index (Phi) is 5.81. The summed E-state index contributed by atoms with van der Waals surface area (Å²) < 4.78 is 23.5. The number of aromatic nitrogens is 2. The van der Waals surface area contributed by atoms with Crippen LogP contribution in [0.4, 0.5) is 0 Å². The molecule has 2 aromatic rings. The Bertz CT molecular complexity index is 743. The van der Waals surface area contributed by atoms with Crippen LogP contribution in [-0.2, 0) is 15.6 Å². The van der Waals surface area contributed by atoms with Gasteiger partial charge in [0.1, 0.15) is 0 Å². The number of aryl methyl sites for hydroxylation is 1. The molecule has 1 aromatic carbocycles. The molecule has 0 fully saturated rings. The van der Waals surface area contributed by atoms with Crippen molar-refractivity contribution in [1.82, 2.24) is 9.97 Å². The monoisotopic (exact) mass is 338 g/mol. The molecule has 6 heteroatoms. The molecule has 0 saturated carbocycles. The normalized spacial score (nSPS) is 12.2. The molecule has 1 heterocycles. The summed E-state index contributed by atoms with van der Waals surface area (Å²) in [6, 6.07) is 7.84. The van der Waals surface area contributed by atoms with Crippen LogP contribution in [0.5, 0.6) is 0 Å². The van der Waals surface area contributed by atoms with Crippen molar-refractivity contribution in [3.8, 4) is 0 Å². The first-order valence-electron chi connectivity index (χ1n) is 7.42. The van der Waals surface area contributed by atoms with E-state index in [0.29, 0.717) is 6.42 Å². The first kappa shape index (κ1) is 17.2. The van der Waals surface area contributed by atoms with Gasteiger partial charge in [0.2, 0.25) is 0 Å². The quantitative estimate of drug-likeness (QED) is 0.724. The van der Waals surface area contributed by atoms with Crippen molar-refractivity contribution in [3.05, 3.63) is 35.7 Å². The molecule has 0 bridgehead atoms. The Morgan fingerprint density at radius 2 is 1.77 bits per heavy atom. The Labute approximate surface area is 136 Å². The van der Waals surface area contributed by atoms with Crippen LogP contribution >= 0.6 is 11.8 Å². The van der Waals surface area contributed by atoms with Crippen LogP contribution in [0, 0.1) is 6.92 Å². The molecular formula is C16H22N2O2S2. The molecule has 0 N–H and O–H groups in total. The average Bonchev–Trinajstić information content (AvgIpc) is 2.47. The molecule has 0 atom stereocenters. The van der Waals surface area contributed by atoms with Gasteiger partial charge in [-0.15, -0.1) is 0 Å². The lowest BCUT2D eigenvalue weighted by atomic mass is 10.2. The highest BCUT2D eigenvalue weighted by Gasteiger charge is 2.15. The highest BCUT2D eigenvalue weighted by atomic mass is 32.2. The van der Waals surface area contributed by atoms with Crippen LogP contribution in [0.2, 0.25) is 0 Å². The molecule has 0 spiro atoms. The Balaban J connectivity index is 1.89. The lowest BCUT2D eigenvalue weighted by molar-refractivity contribution is 0.586. The van der Waals surface area contributed by atoms with Gasteiger partial charge in [0.05, 0.1) is 33.4 Å². The molecule has 0 aliphatic heterocycles. The average molecular weight is 338 g/mol. The summed E-state index contributed by atoms with van der Waals surface area (Å²) in [6.07, 6.45) is 0.686. The van der Waals surface area contributed by atoms with E-state index in [4.69, 9.17) is 0 Å². The van der Waals surface area contributed by atoms with Gasteiger partial charge in [-0.1, -0.05) is 12.1 Å². The summed E-state index contributed by atoms with van der Waals surface area (Å²) in [6.45, 7) is 5.44. The minimum Gasteiger partial charge on any atom is -0.250 e. The van der Waals surface area contributed by atoms with Gasteiger partial charge >= 0.3 is 0 Å². The topological polar surface area (TPSA) is 59.9 Å². The molecule has 22 heavy (non-hydrogen) atoms. The first-order chi connectivity index (χ1) is 10.4. The first-order valence-corrected chi connectivity index (χ1v) is 10.3. The second-order valence-electron chi connectivity index (χ2n) is 5.57. The van der Waals surface area contributed by atoms with E-state index in [0.717, 1.165) is 33.9 Å². The fourth-order valence-electron chi connectivity index (χ4n) is 2.03. The summed E-state index contributed by atoms with van der Waals surface area (Å²) in [7, 11) is -2.92. The zero-order valence-electron chi connectivity index (χ0n) is 13.2. The van der Waals surface area contributed by atoms with Gasteiger partial charge in [-0.2, -0.15) is 11.8 Å². The Morgan fingerprint density at radius 1 is 1.14 bits per heavy atom. The maximum atomic E-state index is 11.7. The number of para-hydroxylation sites is 2. The minimum absolute atomic E-state index is 0.264. The van der Waals surface area contributed by atoms with Crippen LogP contribution in [0.25, 0.3) is 11.0 Å². The Morgan fingerprint density at radius 3 is 2.41 bits per heavy atom. The van der Waals surface area contributed by atoms with E-state index in [2.05, 4.69) is 9.97 Å². The molecule has 0 unspecified atom stereocenters. The summed E-state index contributed by atoms with van der Waals surface area (Å²) in [5, 5.41) is -0.286. The number of rotatable bonds is 7. The highest BCUT2D eigenvalue weighted by molar-refractivity contribution is 7.98. The fraction of sp³-hybridized carbons (Fsp3) is 0.500. The molecule has 0 radical (unpaired) electrons. The van der Waals surface area contributed by atoms with Crippen molar-refractivity contribution in [1.29, 1.82) is 0 Å². The standard InChI is InChI=1S/C16H22N2O2S2/c1-12(2)22(19,20)10-6-9-21-11-16-13(3)17-14-7-4-5-8-15(14)18-16/h4-5,7-8,12H,6,9-11H2,1-3H3. The van der Waals surface area contributed by atoms with Crippen LogP contribution in [0.1, 0.15) is 31.7 Å². The lowest BCUT2D eigenvalue weighted by Gasteiger charge is -2.08. The molecule has 1 aromatic heterocycles. The van der Waals surface area contributed by atoms with E-state index < -0.39 is 9.84 Å². The largest absolute Gasteiger partial charge is 0.250 e. The predicted molar refractivity (Wildman–Crippen MR) is 94.0 cm³/mol. The number of hydrogen-bond donors (Lipinski definition) is 0.